The topological polar surface area (TPSA) is 24.5 Å². The first-order chi connectivity index (χ1) is 10.1. The number of rotatable bonds is 7. The van der Waals surface area contributed by atoms with E-state index in [0.29, 0.717) is 19.2 Å². The van der Waals surface area contributed by atoms with Crippen molar-refractivity contribution in [2.24, 2.45) is 0 Å². The van der Waals surface area contributed by atoms with Gasteiger partial charge in [0.05, 0.1) is 0 Å². The maximum absolute atomic E-state index is 13.4. The zero-order chi connectivity index (χ0) is 15.1. The molecule has 1 aliphatic heterocycles. The summed E-state index contributed by atoms with van der Waals surface area (Å²) < 4.78 is 19.3. The van der Waals surface area contributed by atoms with Gasteiger partial charge in [0.25, 0.3) is 0 Å². The second-order valence-electron chi connectivity index (χ2n) is 6.04. The molecule has 2 rings (SSSR count). The molecule has 1 saturated heterocycles. The van der Waals surface area contributed by atoms with Crippen molar-refractivity contribution in [1.82, 2.24) is 10.2 Å². The molecule has 0 unspecified atom stereocenters. The average molecular weight is 294 g/mol. The summed E-state index contributed by atoms with van der Waals surface area (Å²) >= 11 is 0. The highest BCUT2D eigenvalue weighted by molar-refractivity contribution is 5.34. The van der Waals surface area contributed by atoms with Crippen LogP contribution in [0.1, 0.15) is 38.7 Å². The monoisotopic (exact) mass is 294 g/mol. The molecule has 0 amide bonds. The zero-order valence-electron chi connectivity index (χ0n) is 13.2. The van der Waals surface area contributed by atoms with Crippen LogP contribution in [-0.4, -0.2) is 37.2 Å². The summed E-state index contributed by atoms with van der Waals surface area (Å²) in [4.78, 5) is 2.44. The molecule has 0 radical (unpaired) electrons. The highest BCUT2D eigenvalue weighted by Gasteiger charge is 2.11. The molecule has 0 spiro atoms. The molecule has 21 heavy (non-hydrogen) atoms. The lowest BCUT2D eigenvalue weighted by Crippen LogP contribution is -2.33. The molecule has 3 nitrogen and oxygen atoms in total. The van der Waals surface area contributed by atoms with E-state index >= 15 is 0 Å². The number of ether oxygens (including phenoxy) is 1. The Bertz CT molecular complexity index is 431. The molecule has 0 aliphatic carbocycles. The van der Waals surface area contributed by atoms with Crippen molar-refractivity contribution in [3.8, 4) is 5.75 Å². The molecule has 1 aliphatic rings. The summed E-state index contributed by atoms with van der Waals surface area (Å²) in [6.45, 7) is 8.76. The Morgan fingerprint density at radius 3 is 2.71 bits per heavy atom. The van der Waals surface area contributed by atoms with Gasteiger partial charge in [0.1, 0.15) is 18.2 Å². The first-order valence-electron chi connectivity index (χ1n) is 8.02. The number of halogens is 1. The summed E-state index contributed by atoms with van der Waals surface area (Å²) in [7, 11) is 0. The Morgan fingerprint density at radius 1 is 1.24 bits per heavy atom. The van der Waals surface area contributed by atoms with Crippen molar-refractivity contribution in [1.29, 1.82) is 0 Å². The Labute approximate surface area is 127 Å². The second kappa shape index (κ2) is 8.35. The number of benzene rings is 1. The predicted octanol–water partition coefficient (Wildman–Crippen LogP) is 3.19. The number of hydrogen-bond acceptors (Lipinski definition) is 3. The molecule has 4 heteroatoms. The van der Waals surface area contributed by atoms with Crippen LogP contribution in [0.25, 0.3) is 0 Å². The van der Waals surface area contributed by atoms with Gasteiger partial charge >= 0.3 is 0 Å². The van der Waals surface area contributed by atoms with E-state index in [0.717, 1.165) is 17.9 Å². The smallest absolute Gasteiger partial charge is 0.124 e. The number of hydrogen-bond donors (Lipinski definition) is 1. The van der Waals surface area contributed by atoms with Gasteiger partial charge in [-0.1, -0.05) is 20.3 Å². The Morgan fingerprint density at radius 2 is 2.00 bits per heavy atom. The molecule has 1 heterocycles. The minimum Gasteiger partial charge on any atom is -0.492 e. The van der Waals surface area contributed by atoms with Crippen LogP contribution in [-0.2, 0) is 6.54 Å². The SMILES string of the molecule is CC(C)NCc1cc(F)ccc1OCCN1CCCCC1. The van der Waals surface area contributed by atoms with Crippen molar-refractivity contribution in [3.63, 3.8) is 0 Å². The summed E-state index contributed by atoms with van der Waals surface area (Å²) in [5.41, 5.74) is 0.891. The molecule has 1 N–H and O–H groups in total. The van der Waals surface area contributed by atoms with Crippen LogP contribution < -0.4 is 10.1 Å². The van der Waals surface area contributed by atoms with E-state index in [2.05, 4.69) is 24.1 Å². The van der Waals surface area contributed by atoms with Crippen LogP contribution in [0.2, 0.25) is 0 Å². The number of likely N-dealkylation sites (tertiary alicyclic amines) is 1. The second-order valence-corrected chi connectivity index (χ2v) is 6.04. The van der Waals surface area contributed by atoms with Crippen LogP contribution in [0.5, 0.6) is 5.75 Å². The van der Waals surface area contributed by atoms with E-state index < -0.39 is 0 Å². The first kappa shape index (κ1) is 16.2. The third-order valence-corrected chi connectivity index (χ3v) is 3.84. The molecule has 0 atom stereocenters. The summed E-state index contributed by atoms with van der Waals surface area (Å²) in [6.07, 6.45) is 3.93. The fourth-order valence-electron chi connectivity index (χ4n) is 2.61. The third kappa shape index (κ3) is 5.64. The van der Waals surface area contributed by atoms with Gasteiger partial charge in [-0.2, -0.15) is 0 Å². The predicted molar refractivity (Wildman–Crippen MR) is 84.2 cm³/mol. The largest absolute Gasteiger partial charge is 0.492 e. The summed E-state index contributed by atoms with van der Waals surface area (Å²) in [6, 6.07) is 5.14. The molecule has 0 aromatic heterocycles. The lowest BCUT2D eigenvalue weighted by atomic mass is 10.1. The minimum absolute atomic E-state index is 0.209. The van der Waals surface area contributed by atoms with Crippen molar-refractivity contribution in [3.05, 3.63) is 29.6 Å². The maximum Gasteiger partial charge on any atom is 0.124 e. The van der Waals surface area contributed by atoms with Crippen molar-refractivity contribution >= 4 is 0 Å². The number of nitrogens with zero attached hydrogens (tertiary/aromatic N) is 1. The molecule has 1 aromatic rings. The third-order valence-electron chi connectivity index (χ3n) is 3.84. The first-order valence-corrected chi connectivity index (χ1v) is 8.02. The summed E-state index contributed by atoms with van der Waals surface area (Å²) in [5.74, 6) is 0.584. The average Bonchev–Trinajstić information content (AvgIpc) is 2.48. The molecule has 0 saturated carbocycles. The molecule has 0 bridgehead atoms. The Hall–Kier alpha value is -1.13. The highest BCUT2D eigenvalue weighted by Crippen LogP contribution is 2.20. The minimum atomic E-state index is -0.209. The van der Waals surface area contributed by atoms with Gasteiger partial charge in [0, 0.05) is 24.7 Å². The lowest BCUT2D eigenvalue weighted by molar-refractivity contribution is 0.182. The van der Waals surface area contributed by atoms with Crippen molar-refractivity contribution < 1.29 is 9.13 Å². The van der Waals surface area contributed by atoms with Crippen LogP contribution in [0.4, 0.5) is 4.39 Å². The molecular formula is C17H27FN2O. The normalized spacial score (nSPS) is 16.4. The standard InChI is InChI=1S/C17H27FN2O/c1-14(2)19-13-15-12-16(18)6-7-17(15)21-11-10-20-8-4-3-5-9-20/h6-7,12,14,19H,3-5,8-11,13H2,1-2H3. The molecule has 1 aromatic carbocycles. The van der Waals surface area contributed by atoms with Crippen LogP contribution >= 0.6 is 0 Å². The van der Waals surface area contributed by atoms with Crippen LogP contribution in [0, 0.1) is 5.82 Å². The Kier molecular flexibility index (Phi) is 6.46. The van der Waals surface area contributed by atoms with Crippen LogP contribution in [0.15, 0.2) is 18.2 Å². The highest BCUT2D eigenvalue weighted by atomic mass is 19.1. The van der Waals surface area contributed by atoms with Gasteiger partial charge in [0.2, 0.25) is 0 Å². The fourth-order valence-corrected chi connectivity index (χ4v) is 2.61. The van der Waals surface area contributed by atoms with Crippen LogP contribution in [0.3, 0.4) is 0 Å². The molecule has 1 fully saturated rings. The maximum atomic E-state index is 13.4. The molecule has 118 valence electrons. The van der Waals surface area contributed by atoms with Gasteiger partial charge in [-0.3, -0.25) is 4.90 Å². The van der Waals surface area contributed by atoms with E-state index in [1.54, 1.807) is 12.1 Å². The van der Waals surface area contributed by atoms with Gasteiger partial charge in [-0.05, 0) is 44.1 Å². The summed E-state index contributed by atoms with van der Waals surface area (Å²) in [5, 5.41) is 3.31. The number of piperidine rings is 1. The van der Waals surface area contributed by atoms with Crippen molar-refractivity contribution in [2.45, 2.75) is 45.7 Å². The van der Waals surface area contributed by atoms with Gasteiger partial charge < -0.3 is 10.1 Å². The van der Waals surface area contributed by atoms with E-state index in [-0.39, 0.29) is 5.82 Å². The van der Waals surface area contributed by atoms with Gasteiger partial charge in [-0.25, -0.2) is 4.39 Å². The van der Waals surface area contributed by atoms with Crippen molar-refractivity contribution in [2.75, 3.05) is 26.2 Å². The van der Waals surface area contributed by atoms with E-state index in [1.807, 2.05) is 0 Å². The Balaban J connectivity index is 1.85. The molecular weight excluding hydrogens is 267 g/mol. The van der Waals surface area contributed by atoms with E-state index in [9.17, 15) is 4.39 Å². The van der Waals surface area contributed by atoms with Gasteiger partial charge in [0.15, 0.2) is 0 Å². The fraction of sp³-hybridized carbons (Fsp3) is 0.647. The zero-order valence-corrected chi connectivity index (χ0v) is 13.2. The quantitative estimate of drug-likeness (QED) is 0.836. The van der Waals surface area contributed by atoms with Gasteiger partial charge in [-0.15, -0.1) is 0 Å². The number of nitrogens with one attached hydrogen (secondary N) is 1. The van der Waals surface area contributed by atoms with E-state index in [4.69, 9.17) is 4.74 Å². The lowest BCUT2D eigenvalue weighted by Gasteiger charge is -2.26. The van der Waals surface area contributed by atoms with E-state index in [1.165, 1.54) is 38.4 Å².